The second-order valence-electron chi connectivity index (χ2n) is 5.41. The van der Waals surface area contributed by atoms with Crippen LogP contribution >= 0.6 is 0 Å². The van der Waals surface area contributed by atoms with Crippen molar-refractivity contribution in [2.45, 2.75) is 26.4 Å². The minimum absolute atomic E-state index is 0.103. The number of anilines is 1. The summed E-state index contributed by atoms with van der Waals surface area (Å²) in [5.74, 6) is 0.270. The average molecular weight is 306 g/mol. The lowest BCUT2D eigenvalue weighted by Gasteiger charge is -2.26. The molecule has 0 aliphatic carbocycles. The SMILES string of the molecule is CC(C)Oc1ccc(NC(=O)CC(=O)N2CCOCC2)cc1. The molecular formula is C16H22N2O4. The summed E-state index contributed by atoms with van der Waals surface area (Å²) in [6.45, 7) is 6.07. The molecule has 1 aliphatic heterocycles. The number of hydrogen-bond acceptors (Lipinski definition) is 4. The number of hydrogen-bond donors (Lipinski definition) is 1. The smallest absolute Gasteiger partial charge is 0.233 e. The zero-order valence-electron chi connectivity index (χ0n) is 13.0. The molecule has 0 unspecified atom stereocenters. The van der Waals surface area contributed by atoms with Crippen molar-refractivity contribution in [3.05, 3.63) is 24.3 Å². The summed E-state index contributed by atoms with van der Waals surface area (Å²) >= 11 is 0. The van der Waals surface area contributed by atoms with Crippen LogP contribution in [0.3, 0.4) is 0 Å². The maximum absolute atomic E-state index is 12.0. The highest BCUT2D eigenvalue weighted by molar-refractivity contribution is 6.03. The first kappa shape index (κ1) is 16.3. The Bertz CT molecular complexity index is 507. The Balaban J connectivity index is 1.82. The quantitative estimate of drug-likeness (QED) is 0.840. The van der Waals surface area contributed by atoms with E-state index in [2.05, 4.69) is 5.32 Å². The summed E-state index contributed by atoms with van der Waals surface area (Å²) in [5, 5.41) is 2.72. The Morgan fingerprint density at radius 3 is 2.45 bits per heavy atom. The Labute approximate surface area is 130 Å². The maximum Gasteiger partial charge on any atom is 0.233 e. The molecule has 0 aromatic heterocycles. The molecule has 0 saturated carbocycles. The minimum Gasteiger partial charge on any atom is -0.491 e. The van der Waals surface area contributed by atoms with Gasteiger partial charge in [-0.3, -0.25) is 9.59 Å². The molecule has 2 rings (SSSR count). The van der Waals surface area contributed by atoms with Crippen LogP contribution in [0.25, 0.3) is 0 Å². The predicted molar refractivity (Wildman–Crippen MR) is 82.9 cm³/mol. The molecule has 1 fully saturated rings. The van der Waals surface area contributed by atoms with E-state index in [-0.39, 0.29) is 24.3 Å². The van der Waals surface area contributed by atoms with E-state index in [9.17, 15) is 9.59 Å². The Kier molecular flexibility index (Phi) is 5.77. The van der Waals surface area contributed by atoms with Crippen LogP contribution in [0.1, 0.15) is 20.3 Å². The van der Waals surface area contributed by atoms with Crippen LogP contribution in [0.4, 0.5) is 5.69 Å². The maximum atomic E-state index is 12.0. The van der Waals surface area contributed by atoms with Crippen LogP contribution in [0.2, 0.25) is 0 Å². The van der Waals surface area contributed by atoms with E-state index < -0.39 is 0 Å². The van der Waals surface area contributed by atoms with Gasteiger partial charge in [-0.25, -0.2) is 0 Å². The number of benzene rings is 1. The van der Waals surface area contributed by atoms with Crippen molar-refractivity contribution in [2.24, 2.45) is 0 Å². The largest absolute Gasteiger partial charge is 0.491 e. The molecule has 6 nitrogen and oxygen atoms in total. The molecule has 1 aliphatic rings. The second kappa shape index (κ2) is 7.79. The van der Waals surface area contributed by atoms with Gasteiger partial charge in [-0.2, -0.15) is 0 Å². The fraction of sp³-hybridized carbons (Fsp3) is 0.500. The minimum atomic E-state index is -0.311. The first-order valence-electron chi connectivity index (χ1n) is 7.46. The molecule has 1 N–H and O–H groups in total. The average Bonchev–Trinajstić information content (AvgIpc) is 2.49. The monoisotopic (exact) mass is 306 g/mol. The summed E-state index contributed by atoms with van der Waals surface area (Å²) in [7, 11) is 0. The summed E-state index contributed by atoms with van der Waals surface area (Å²) in [4.78, 5) is 25.5. The highest BCUT2D eigenvalue weighted by atomic mass is 16.5. The molecule has 120 valence electrons. The first-order valence-corrected chi connectivity index (χ1v) is 7.46. The fourth-order valence-electron chi connectivity index (χ4n) is 2.16. The third-order valence-corrected chi connectivity index (χ3v) is 3.19. The van der Waals surface area contributed by atoms with E-state index in [1.165, 1.54) is 0 Å². The van der Waals surface area contributed by atoms with E-state index >= 15 is 0 Å². The third-order valence-electron chi connectivity index (χ3n) is 3.19. The van der Waals surface area contributed by atoms with Gasteiger partial charge in [0, 0.05) is 18.8 Å². The summed E-state index contributed by atoms with van der Waals surface area (Å²) < 4.78 is 10.7. The number of morpholine rings is 1. The van der Waals surface area contributed by atoms with Crippen molar-refractivity contribution in [1.29, 1.82) is 0 Å². The van der Waals surface area contributed by atoms with Gasteiger partial charge in [0.05, 0.1) is 19.3 Å². The van der Waals surface area contributed by atoms with Gasteiger partial charge in [0.25, 0.3) is 0 Å². The number of ether oxygens (including phenoxy) is 2. The molecule has 1 aromatic rings. The van der Waals surface area contributed by atoms with Gasteiger partial charge >= 0.3 is 0 Å². The lowest BCUT2D eigenvalue weighted by Crippen LogP contribution is -2.41. The normalized spacial score (nSPS) is 14.8. The van der Waals surface area contributed by atoms with E-state index in [0.29, 0.717) is 32.0 Å². The van der Waals surface area contributed by atoms with Crippen molar-refractivity contribution in [1.82, 2.24) is 4.90 Å². The molecule has 0 radical (unpaired) electrons. The predicted octanol–water partition coefficient (Wildman–Crippen LogP) is 1.66. The van der Waals surface area contributed by atoms with Gasteiger partial charge in [-0.05, 0) is 38.1 Å². The van der Waals surface area contributed by atoms with E-state index in [1.54, 1.807) is 29.2 Å². The summed E-state index contributed by atoms with van der Waals surface area (Å²) in [5.41, 5.74) is 0.649. The standard InChI is InChI=1S/C16H22N2O4/c1-12(2)22-14-5-3-13(4-6-14)17-15(19)11-16(20)18-7-9-21-10-8-18/h3-6,12H,7-11H2,1-2H3,(H,17,19). The summed E-state index contributed by atoms with van der Waals surface area (Å²) in [6, 6.07) is 7.10. The van der Waals surface area contributed by atoms with Gasteiger partial charge in [0.15, 0.2) is 0 Å². The zero-order chi connectivity index (χ0) is 15.9. The fourth-order valence-corrected chi connectivity index (χ4v) is 2.16. The van der Waals surface area contributed by atoms with Crippen LogP contribution in [0.15, 0.2) is 24.3 Å². The second-order valence-corrected chi connectivity index (χ2v) is 5.41. The summed E-state index contributed by atoms with van der Waals surface area (Å²) in [6.07, 6.45) is -0.0452. The zero-order valence-corrected chi connectivity index (χ0v) is 13.0. The molecule has 0 atom stereocenters. The van der Waals surface area contributed by atoms with Crippen LogP contribution in [-0.4, -0.2) is 49.1 Å². The van der Waals surface area contributed by atoms with Crippen molar-refractivity contribution in [3.63, 3.8) is 0 Å². The van der Waals surface area contributed by atoms with Gasteiger partial charge < -0.3 is 19.7 Å². The highest BCUT2D eigenvalue weighted by Crippen LogP contribution is 2.17. The Morgan fingerprint density at radius 2 is 1.86 bits per heavy atom. The van der Waals surface area contributed by atoms with Crippen LogP contribution < -0.4 is 10.1 Å². The molecule has 22 heavy (non-hydrogen) atoms. The molecule has 0 spiro atoms. The molecule has 1 heterocycles. The molecule has 1 saturated heterocycles. The lowest BCUT2D eigenvalue weighted by molar-refractivity contribution is -0.138. The number of carbonyl (C=O) groups excluding carboxylic acids is 2. The van der Waals surface area contributed by atoms with Crippen molar-refractivity contribution < 1.29 is 19.1 Å². The van der Waals surface area contributed by atoms with Gasteiger partial charge in [0.2, 0.25) is 11.8 Å². The number of carbonyl (C=O) groups is 2. The van der Waals surface area contributed by atoms with E-state index in [0.717, 1.165) is 5.75 Å². The van der Waals surface area contributed by atoms with E-state index in [1.807, 2.05) is 13.8 Å². The lowest BCUT2D eigenvalue weighted by atomic mass is 10.2. The van der Waals surface area contributed by atoms with Crippen LogP contribution in [0, 0.1) is 0 Å². The van der Waals surface area contributed by atoms with Gasteiger partial charge in [-0.1, -0.05) is 0 Å². The molecule has 1 aromatic carbocycles. The van der Waals surface area contributed by atoms with E-state index in [4.69, 9.17) is 9.47 Å². The van der Waals surface area contributed by atoms with Crippen molar-refractivity contribution in [3.8, 4) is 5.75 Å². The molecule has 6 heteroatoms. The first-order chi connectivity index (χ1) is 10.5. The molecule has 2 amide bonds. The Morgan fingerprint density at radius 1 is 1.23 bits per heavy atom. The third kappa shape index (κ3) is 5.04. The van der Waals surface area contributed by atoms with Gasteiger partial charge in [0.1, 0.15) is 12.2 Å². The van der Waals surface area contributed by atoms with Crippen molar-refractivity contribution >= 4 is 17.5 Å². The topological polar surface area (TPSA) is 67.9 Å². The van der Waals surface area contributed by atoms with Crippen LogP contribution in [-0.2, 0) is 14.3 Å². The number of nitrogens with zero attached hydrogens (tertiary/aromatic N) is 1. The molecule has 0 bridgehead atoms. The highest BCUT2D eigenvalue weighted by Gasteiger charge is 2.19. The van der Waals surface area contributed by atoms with Gasteiger partial charge in [-0.15, -0.1) is 0 Å². The number of nitrogens with one attached hydrogen (secondary N) is 1. The molecular weight excluding hydrogens is 284 g/mol. The van der Waals surface area contributed by atoms with Crippen molar-refractivity contribution in [2.75, 3.05) is 31.6 Å². The Hall–Kier alpha value is -2.08. The number of rotatable bonds is 5. The van der Waals surface area contributed by atoms with Crippen LogP contribution in [0.5, 0.6) is 5.75 Å². The number of amides is 2.